The molecule has 0 spiro atoms. The number of aromatic nitrogens is 3. The van der Waals surface area contributed by atoms with Gasteiger partial charge in [-0.15, -0.1) is 11.3 Å². The van der Waals surface area contributed by atoms with Crippen LogP contribution in [-0.4, -0.2) is 20.8 Å². The van der Waals surface area contributed by atoms with Crippen LogP contribution in [0, 0.1) is 6.92 Å². The van der Waals surface area contributed by atoms with Gasteiger partial charge in [-0.3, -0.25) is 4.68 Å². The predicted molar refractivity (Wildman–Crippen MR) is 90.4 cm³/mol. The summed E-state index contributed by atoms with van der Waals surface area (Å²) in [6.07, 6.45) is 5.76. The van der Waals surface area contributed by atoms with Crippen LogP contribution in [0.1, 0.15) is 60.2 Å². The minimum atomic E-state index is -0.133. The van der Waals surface area contributed by atoms with Crippen LogP contribution < -0.4 is 10.6 Å². The smallest absolute Gasteiger partial charge is 0.315 e. The molecule has 23 heavy (non-hydrogen) atoms. The van der Waals surface area contributed by atoms with E-state index in [1.54, 1.807) is 11.3 Å². The highest BCUT2D eigenvalue weighted by molar-refractivity contribution is 7.09. The van der Waals surface area contributed by atoms with Crippen LogP contribution >= 0.6 is 11.3 Å². The first-order chi connectivity index (χ1) is 11.1. The van der Waals surface area contributed by atoms with Crippen LogP contribution in [0.25, 0.3) is 0 Å². The second-order valence-electron chi connectivity index (χ2n) is 6.02. The Morgan fingerprint density at radius 3 is 3.09 bits per heavy atom. The van der Waals surface area contributed by atoms with Gasteiger partial charge in [-0.25, -0.2) is 9.78 Å². The number of carbonyl (C=O) groups is 1. The van der Waals surface area contributed by atoms with E-state index in [2.05, 4.69) is 27.6 Å². The predicted octanol–water partition coefficient (Wildman–Crippen LogP) is 3.01. The van der Waals surface area contributed by atoms with Crippen molar-refractivity contribution in [3.05, 3.63) is 33.5 Å². The Morgan fingerprint density at radius 2 is 2.39 bits per heavy atom. The topological polar surface area (TPSA) is 71.8 Å². The standard InChI is InChI=1S/C16H23N5OS/c1-4-12(15-18-10(2)9-23-15)19-16(22)20-13-6-5-7-14-11(13)8-17-21(14)3/h8-9,12-13H,4-7H2,1-3H3,(H2,19,20,22)/t12-,13+/m0/s1. The molecule has 0 saturated carbocycles. The van der Waals surface area contributed by atoms with Crippen LogP contribution in [0.4, 0.5) is 4.79 Å². The van der Waals surface area contributed by atoms with Gasteiger partial charge in [0.05, 0.1) is 18.3 Å². The molecule has 2 amide bonds. The number of hydrogen-bond donors (Lipinski definition) is 2. The summed E-state index contributed by atoms with van der Waals surface area (Å²) in [5.74, 6) is 0. The fraction of sp³-hybridized carbons (Fsp3) is 0.562. The number of hydrogen-bond acceptors (Lipinski definition) is 4. The average Bonchev–Trinajstić information content (AvgIpc) is 3.12. The van der Waals surface area contributed by atoms with Crippen molar-refractivity contribution in [3.63, 3.8) is 0 Å². The quantitative estimate of drug-likeness (QED) is 0.903. The minimum absolute atomic E-state index is 0.0364. The van der Waals surface area contributed by atoms with Crippen LogP contribution in [0.5, 0.6) is 0 Å². The van der Waals surface area contributed by atoms with Gasteiger partial charge in [-0.05, 0) is 32.6 Å². The maximum Gasteiger partial charge on any atom is 0.315 e. The largest absolute Gasteiger partial charge is 0.331 e. The maximum atomic E-state index is 12.4. The molecular weight excluding hydrogens is 310 g/mol. The summed E-state index contributed by atoms with van der Waals surface area (Å²) in [7, 11) is 1.96. The molecule has 6 nitrogen and oxygen atoms in total. The monoisotopic (exact) mass is 333 g/mol. The highest BCUT2D eigenvalue weighted by atomic mass is 32.1. The van der Waals surface area contributed by atoms with Gasteiger partial charge in [0.1, 0.15) is 5.01 Å². The van der Waals surface area contributed by atoms with Crippen molar-refractivity contribution in [3.8, 4) is 0 Å². The molecule has 0 saturated heterocycles. The molecule has 0 aliphatic heterocycles. The molecule has 1 aliphatic carbocycles. The molecule has 0 bridgehead atoms. The van der Waals surface area contributed by atoms with E-state index in [1.165, 1.54) is 5.69 Å². The Bertz CT molecular complexity index is 692. The Labute approximate surface area is 140 Å². The van der Waals surface area contributed by atoms with Gasteiger partial charge in [-0.2, -0.15) is 5.10 Å². The first kappa shape index (κ1) is 16.0. The van der Waals surface area contributed by atoms with Crippen molar-refractivity contribution in [2.75, 3.05) is 0 Å². The van der Waals surface area contributed by atoms with E-state index in [1.807, 2.05) is 30.2 Å². The van der Waals surface area contributed by atoms with Gasteiger partial charge in [0.15, 0.2) is 0 Å². The number of fused-ring (bicyclic) bond motifs is 1. The SMILES string of the molecule is CC[C@H](NC(=O)N[C@@H]1CCCc2c1cnn2C)c1nc(C)cs1. The second-order valence-corrected chi connectivity index (χ2v) is 6.91. The van der Waals surface area contributed by atoms with Crippen molar-refractivity contribution in [1.29, 1.82) is 0 Å². The molecule has 3 rings (SSSR count). The Hall–Kier alpha value is -1.89. The molecule has 0 unspecified atom stereocenters. The number of thiazole rings is 1. The average molecular weight is 333 g/mol. The summed E-state index contributed by atoms with van der Waals surface area (Å²) in [6, 6.07) is -0.125. The lowest BCUT2D eigenvalue weighted by atomic mass is 9.93. The first-order valence-corrected chi connectivity index (χ1v) is 8.96. The zero-order chi connectivity index (χ0) is 16.4. The third-order valence-electron chi connectivity index (χ3n) is 4.33. The van der Waals surface area contributed by atoms with E-state index in [0.29, 0.717) is 0 Å². The highest BCUT2D eigenvalue weighted by Crippen LogP contribution is 2.29. The van der Waals surface area contributed by atoms with E-state index in [9.17, 15) is 4.79 Å². The summed E-state index contributed by atoms with van der Waals surface area (Å²) in [6.45, 7) is 4.03. The summed E-state index contributed by atoms with van der Waals surface area (Å²) in [5, 5.41) is 13.5. The number of amides is 2. The molecule has 2 N–H and O–H groups in total. The minimum Gasteiger partial charge on any atom is -0.331 e. The van der Waals surface area contributed by atoms with Gasteiger partial charge < -0.3 is 10.6 Å². The molecule has 7 heteroatoms. The molecule has 2 heterocycles. The van der Waals surface area contributed by atoms with Crippen molar-refractivity contribution < 1.29 is 4.79 Å². The Kier molecular flexibility index (Phi) is 4.66. The van der Waals surface area contributed by atoms with E-state index < -0.39 is 0 Å². The maximum absolute atomic E-state index is 12.4. The normalized spacial score (nSPS) is 18.3. The lowest BCUT2D eigenvalue weighted by Crippen LogP contribution is -2.40. The molecule has 2 aromatic heterocycles. The van der Waals surface area contributed by atoms with E-state index in [4.69, 9.17) is 0 Å². The Balaban J connectivity index is 1.65. The molecule has 2 atom stereocenters. The summed E-state index contributed by atoms with van der Waals surface area (Å²) in [4.78, 5) is 16.9. The fourth-order valence-corrected chi connectivity index (χ4v) is 4.02. The lowest BCUT2D eigenvalue weighted by Gasteiger charge is -2.25. The van der Waals surface area contributed by atoms with Crippen LogP contribution in [-0.2, 0) is 13.5 Å². The molecule has 0 aromatic carbocycles. The van der Waals surface area contributed by atoms with Crippen molar-refractivity contribution in [2.24, 2.45) is 7.05 Å². The zero-order valence-electron chi connectivity index (χ0n) is 13.8. The van der Waals surface area contributed by atoms with Gasteiger partial charge in [0, 0.05) is 29.4 Å². The number of urea groups is 1. The van der Waals surface area contributed by atoms with Gasteiger partial charge in [0.2, 0.25) is 0 Å². The van der Waals surface area contributed by atoms with Crippen molar-refractivity contribution in [2.45, 2.75) is 51.6 Å². The van der Waals surface area contributed by atoms with Crippen LogP contribution in [0.3, 0.4) is 0 Å². The number of rotatable bonds is 4. The number of carbonyl (C=O) groups excluding carboxylic acids is 1. The van der Waals surface area contributed by atoms with E-state index in [0.717, 1.165) is 41.9 Å². The molecule has 2 aromatic rings. The van der Waals surface area contributed by atoms with Gasteiger partial charge >= 0.3 is 6.03 Å². The number of aryl methyl sites for hydroxylation is 2. The molecule has 0 radical (unpaired) electrons. The highest BCUT2D eigenvalue weighted by Gasteiger charge is 2.25. The van der Waals surface area contributed by atoms with Crippen molar-refractivity contribution >= 4 is 17.4 Å². The van der Waals surface area contributed by atoms with E-state index in [-0.39, 0.29) is 18.1 Å². The van der Waals surface area contributed by atoms with E-state index >= 15 is 0 Å². The number of nitrogens with one attached hydrogen (secondary N) is 2. The molecular formula is C16H23N5OS. The van der Waals surface area contributed by atoms with Crippen LogP contribution in [0.15, 0.2) is 11.6 Å². The second kappa shape index (κ2) is 6.70. The molecule has 124 valence electrons. The third-order valence-corrected chi connectivity index (χ3v) is 5.41. The van der Waals surface area contributed by atoms with Crippen molar-refractivity contribution in [1.82, 2.24) is 25.4 Å². The Morgan fingerprint density at radius 1 is 1.57 bits per heavy atom. The fourth-order valence-electron chi connectivity index (χ4n) is 3.08. The van der Waals surface area contributed by atoms with Gasteiger partial charge in [-0.1, -0.05) is 6.92 Å². The molecule has 0 fully saturated rings. The van der Waals surface area contributed by atoms with Crippen LogP contribution in [0.2, 0.25) is 0 Å². The zero-order valence-corrected chi connectivity index (χ0v) is 14.6. The third kappa shape index (κ3) is 3.39. The first-order valence-electron chi connectivity index (χ1n) is 8.08. The number of nitrogens with zero attached hydrogens (tertiary/aromatic N) is 3. The summed E-state index contributed by atoms with van der Waals surface area (Å²) in [5.41, 5.74) is 3.37. The lowest BCUT2D eigenvalue weighted by molar-refractivity contribution is 0.231. The van der Waals surface area contributed by atoms with Gasteiger partial charge in [0.25, 0.3) is 0 Å². The summed E-state index contributed by atoms with van der Waals surface area (Å²) >= 11 is 1.60. The molecule has 1 aliphatic rings. The summed E-state index contributed by atoms with van der Waals surface area (Å²) < 4.78 is 1.91.